The number of nitrogens with zero attached hydrogens (tertiary/aromatic N) is 1. The molecular weight excluding hydrogens is 502 g/mol. The van der Waals surface area contributed by atoms with Gasteiger partial charge in [0.2, 0.25) is 11.8 Å². The summed E-state index contributed by atoms with van der Waals surface area (Å²) in [5, 5.41) is 11.2. The van der Waals surface area contributed by atoms with E-state index >= 15 is 0 Å². The first-order valence-corrected chi connectivity index (χ1v) is 13.2. The van der Waals surface area contributed by atoms with Crippen LogP contribution in [0.4, 0.5) is 5.69 Å². The fraction of sp³-hybridized carbons (Fsp3) is 0.290. The predicted molar refractivity (Wildman–Crippen MR) is 143 cm³/mol. The Morgan fingerprint density at radius 1 is 1.00 bits per heavy atom. The molecule has 2 aromatic rings. The number of aryl methyl sites for hydroxylation is 1. The topological polar surface area (TPSA) is 91.8 Å². The van der Waals surface area contributed by atoms with Gasteiger partial charge in [0.1, 0.15) is 5.75 Å². The number of halogens is 1. The number of aromatic hydroxyl groups is 1. The van der Waals surface area contributed by atoms with Gasteiger partial charge in [-0.25, -0.2) is 0 Å². The van der Waals surface area contributed by atoms with Crippen molar-refractivity contribution in [2.45, 2.75) is 39.0 Å². The molecule has 1 saturated heterocycles. The summed E-state index contributed by atoms with van der Waals surface area (Å²) in [6.07, 6.45) is 4.64. The van der Waals surface area contributed by atoms with Crippen molar-refractivity contribution in [2.24, 2.45) is 17.8 Å². The van der Waals surface area contributed by atoms with Gasteiger partial charge in [0.25, 0.3) is 0 Å². The number of phenols is 1. The highest BCUT2D eigenvalue weighted by atomic mass is 35.5. The first-order valence-electron chi connectivity index (χ1n) is 12.9. The van der Waals surface area contributed by atoms with E-state index in [0.717, 1.165) is 17.6 Å². The van der Waals surface area contributed by atoms with Gasteiger partial charge >= 0.3 is 0 Å². The van der Waals surface area contributed by atoms with Crippen LogP contribution in [0.15, 0.2) is 76.9 Å². The minimum absolute atomic E-state index is 0.0482. The number of benzene rings is 2. The molecule has 2 amide bonds. The van der Waals surface area contributed by atoms with Gasteiger partial charge < -0.3 is 5.11 Å². The molecule has 0 bridgehead atoms. The highest BCUT2D eigenvalue weighted by Crippen LogP contribution is 2.56. The zero-order valence-corrected chi connectivity index (χ0v) is 21.8. The Kier molecular flexibility index (Phi) is 5.76. The maximum Gasteiger partial charge on any atom is 0.238 e. The maximum atomic E-state index is 13.9. The molecule has 4 aliphatic rings. The molecule has 0 aromatic heterocycles. The summed E-state index contributed by atoms with van der Waals surface area (Å²) in [7, 11) is 0. The number of rotatable bonds is 3. The third-order valence-electron chi connectivity index (χ3n) is 8.47. The molecule has 1 aliphatic heterocycles. The average Bonchev–Trinajstić information content (AvgIpc) is 3.17. The Morgan fingerprint density at radius 2 is 1.74 bits per heavy atom. The Balaban J connectivity index is 1.48. The van der Waals surface area contributed by atoms with E-state index < -0.39 is 23.7 Å². The number of imide groups is 1. The van der Waals surface area contributed by atoms with Crippen LogP contribution in [0.2, 0.25) is 5.02 Å². The number of fused-ring (bicyclic) bond motifs is 3. The fourth-order valence-electron chi connectivity index (χ4n) is 6.63. The number of anilines is 1. The van der Waals surface area contributed by atoms with E-state index in [1.165, 1.54) is 17.0 Å². The summed E-state index contributed by atoms with van der Waals surface area (Å²) in [5.41, 5.74) is 3.85. The molecule has 6 nitrogen and oxygen atoms in total. The second-order valence-electron chi connectivity index (χ2n) is 10.5. The van der Waals surface area contributed by atoms with Crippen molar-refractivity contribution in [3.05, 3.63) is 93.1 Å². The minimum atomic E-state index is -0.731. The fourth-order valence-corrected chi connectivity index (χ4v) is 6.81. The van der Waals surface area contributed by atoms with E-state index in [9.17, 15) is 24.3 Å². The first-order chi connectivity index (χ1) is 18.2. The molecule has 4 atom stereocenters. The van der Waals surface area contributed by atoms with Gasteiger partial charge in [0.05, 0.1) is 17.5 Å². The molecule has 0 spiro atoms. The van der Waals surface area contributed by atoms with Crippen LogP contribution in [-0.4, -0.2) is 28.5 Å². The lowest BCUT2D eigenvalue weighted by Crippen LogP contribution is -2.39. The van der Waals surface area contributed by atoms with Crippen molar-refractivity contribution in [1.29, 1.82) is 0 Å². The molecule has 0 unspecified atom stereocenters. The van der Waals surface area contributed by atoms with Crippen LogP contribution in [0.3, 0.4) is 0 Å². The van der Waals surface area contributed by atoms with Crippen molar-refractivity contribution in [2.75, 3.05) is 4.90 Å². The molecule has 2 aromatic carbocycles. The molecule has 0 saturated carbocycles. The molecule has 0 radical (unpaired) electrons. The molecule has 38 heavy (non-hydrogen) atoms. The number of allylic oxidation sites excluding steroid dienone is 6. The number of carbonyl (C=O) groups excluding carboxylic acids is 4. The van der Waals surface area contributed by atoms with Crippen molar-refractivity contribution in [1.82, 2.24) is 0 Å². The van der Waals surface area contributed by atoms with E-state index in [-0.39, 0.29) is 35.6 Å². The van der Waals surface area contributed by atoms with Crippen LogP contribution in [-0.2, 0) is 25.6 Å². The molecule has 192 valence electrons. The van der Waals surface area contributed by atoms with E-state index in [4.69, 9.17) is 11.6 Å². The summed E-state index contributed by atoms with van der Waals surface area (Å²) in [4.78, 5) is 55.4. The Morgan fingerprint density at radius 3 is 2.45 bits per heavy atom. The number of ketones is 2. The van der Waals surface area contributed by atoms with Crippen LogP contribution in [0.1, 0.15) is 43.7 Å². The average molecular weight is 528 g/mol. The summed E-state index contributed by atoms with van der Waals surface area (Å²) >= 11 is 6.30. The number of carbonyl (C=O) groups is 4. The second-order valence-corrected chi connectivity index (χ2v) is 10.9. The molecule has 1 N–H and O–H groups in total. The first kappa shape index (κ1) is 24.6. The monoisotopic (exact) mass is 527 g/mol. The van der Waals surface area contributed by atoms with Crippen LogP contribution in [0, 0.1) is 17.8 Å². The number of Topliss-reactive ketones (excluding diaryl/α,β-unsaturated/α-hetero) is 1. The Bertz CT molecular complexity index is 1530. The van der Waals surface area contributed by atoms with Crippen molar-refractivity contribution < 1.29 is 24.3 Å². The number of hydrogen-bond donors (Lipinski definition) is 1. The molecule has 1 fully saturated rings. The maximum absolute atomic E-state index is 13.9. The zero-order chi connectivity index (χ0) is 26.9. The highest BCUT2D eigenvalue weighted by Gasteiger charge is 2.56. The lowest BCUT2D eigenvalue weighted by atomic mass is 9.59. The third-order valence-corrected chi connectivity index (χ3v) is 8.70. The van der Waals surface area contributed by atoms with Gasteiger partial charge in [-0.2, -0.15) is 0 Å². The molecule has 3 aliphatic carbocycles. The molecular formula is C31H26ClNO5. The number of amides is 2. The summed E-state index contributed by atoms with van der Waals surface area (Å²) in [5.74, 6) is -3.52. The Hall–Kier alpha value is -3.77. The zero-order valence-electron chi connectivity index (χ0n) is 21.0. The summed E-state index contributed by atoms with van der Waals surface area (Å²) < 4.78 is 0. The quantitative estimate of drug-likeness (QED) is 0.335. The third kappa shape index (κ3) is 3.54. The summed E-state index contributed by atoms with van der Waals surface area (Å²) in [6.45, 7) is 3.65. The summed E-state index contributed by atoms with van der Waals surface area (Å²) in [6, 6.07) is 12.1. The molecule has 6 rings (SSSR count). The van der Waals surface area contributed by atoms with Gasteiger partial charge in [-0.3, -0.25) is 24.1 Å². The number of hydrogen-bond acceptors (Lipinski definition) is 5. The van der Waals surface area contributed by atoms with Crippen molar-refractivity contribution in [3.63, 3.8) is 0 Å². The van der Waals surface area contributed by atoms with Gasteiger partial charge in [-0.1, -0.05) is 42.3 Å². The standard InChI is InChI=1S/C31H26ClNO5/c1-3-16-4-7-18(8-5-16)33-30(37)20-10-9-19-21(27(20)31(33)38)14-23-28(25(35)12-15(2)29(23)36)26(19)22-13-17(32)6-11-24(22)34/h4-9,11-13,20-21,26-27,34H,3,10,14H2,1-2H3/t20-,21+,26+,27-/m0/s1. The second kappa shape index (κ2) is 8.91. The van der Waals surface area contributed by atoms with Gasteiger partial charge in [-0.15, -0.1) is 0 Å². The van der Waals surface area contributed by atoms with E-state index in [0.29, 0.717) is 39.4 Å². The number of phenolic OH excluding ortho intramolecular Hbond substituents is 1. The van der Waals surface area contributed by atoms with Gasteiger partial charge in [-0.05, 0) is 74.1 Å². The van der Waals surface area contributed by atoms with Crippen LogP contribution in [0.5, 0.6) is 5.75 Å². The van der Waals surface area contributed by atoms with Gasteiger partial charge in [0, 0.05) is 33.2 Å². The van der Waals surface area contributed by atoms with Crippen molar-refractivity contribution >= 4 is 40.7 Å². The minimum Gasteiger partial charge on any atom is -0.508 e. The Labute approximate surface area is 225 Å². The normalized spacial score (nSPS) is 26.7. The predicted octanol–water partition coefficient (Wildman–Crippen LogP) is 5.24. The smallest absolute Gasteiger partial charge is 0.238 e. The van der Waals surface area contributed by atoms with Crippen molar-refractivity contribution in [3.8, 4) is 5.75 Å². The van der Waals surface area contributed by atoms with Crippen LogP contribution < -0.4 is 4.90 Å². The lowest BCUT2D eigenvalue weighted by molar-refractivity contribution is -0.123. The van der Waals surface area contributed by atoms with Gasteiger partial charge in [0.15, 0.2) is 11.6 Å². The lowest BCUT2D eigenvalue weighted by Gasteiger charge is -2.42. The van der Waals surface area contributed by atoms with E-state index in [1.54, 1.807) is 31.2 Å². The van der Waals surface area contributed by atoms with E-state index in [2.05, 4.69) is 0 Å². The van der Waals surface area contributed by atoms with Crippen LogP contribution >= 0.6 is 11.6 Å². The van der Waals surface area contributed by atoms with E-state index in [1.807, 2.05) is 25.1 Å². The largest absolute Gasteiger partial charge is 0.508 e. The SMILES string of the molecule is CCc1ccc(N2C(=O)[C@H]3[C@H](CC=C4[C@H](c5cc(Cl)ccc5O)C5=C(C[C@H]43)C(=O)C(C)=CC5=O)C2=O)cc1. The highest BCUT2D eigenvalue weighted by molar-refractivity contribution is 6.30. The molecule has 1 heterocycles. The van der Waals surface area contributed by atoms with Crippen LogP contribution in [0.25, 0.3) is 0 Å². The molecule has 7 heteroatoms.